The number of hydrogen-bond donors (Lipinski definition) is 1. The third-order valence-corrected chi connectivity index (χ3v) is 3.66. The van der Waals surface area contributed by atoms with E-state index < -0.39 is 0 Å². The molecule has 0 saturated heterocycles. The number of ether oxygens (including phenoxy) is 2. The Kier molecular flexibility index (Phi) is 4.37. The fraction of sp³-hybridized carbons (Fsp3) is 0.222. The van der Waals surface area contributed by atoms with Gasteiger partial charge in [-0.1, -0.05) is 12.1 Å². The molecule has 0 aliphatic rings. The standard InChI is InChI=1S/C18H19N3O3/c1-4-24-15-10-7-11-21-16(12(2)19-17(15)21)18(22)20-13-8-5-6-9-14(13)23-3/h5-11H,4H2,1-3H3,(H,20,22). The van der Waals surface area contributed by atoms with Gasteiger partial charge in [-0.05, 0) is 38.1 Å². The number of aromatic nitrogens is 2. The van der Waals surface area contributed by atoms with Gasteiger partial charge in [0.15, 0.2) is 11.4 Å². The van der Waals surface area contributed by atoms with Gasteiger partial charge in [-0.2, -0.15) is 0 Å². The van der Waals surface area contributed by atoms with E-state index in [0.29, 0.717) is 40.8 Å². The number of carbonyl (C=O) groups is 1. The summed E-state index contributed by atoms with van der Waals surface area (Å²) in [7, 11) is 1.57. The molecule has 6 heteroatoms. The normalized spacial score (nSPS) is 10.6. The highest BCUT2D eigenvalue weighted by Crippen LogP contribution is 2.26. The van der Waals surface area contributed by atoms with Crippen LogP contribution in [0.4, 0.5) is 5.69 Å². The number of aryl methyl sites for hydroxylation is 1. The molecule has 0 fully saturated rings. The van der Waals surface area contributed by atoms with E-state index in [2.05, 4.69) is 10.3 Å². The summed E-state index contributed by atoms with van der Waals surface area (Å²) in [5, 5.41) is 2.88. The molecule has 0 unspecified atom stereocenters. The smallest absolute Gasteiger partial charge is 0.274 e. The van der Waals surface area contributed by atoms with E-state index in [-0.39, 0.29) is 5.91 Å². The first kappa shape index (κ1) is 15.9. The number of pyridine rings is 1. The number of carbonyl (C=O) groups excluding carboxylic acids is 1. The van der Waals surface area contributed by atoms with Crippen LogP contribution in [0.5, 0.6) is 11.5 Å². The lowest BCUT2D eigenvalue weighted by molar-refractivity contribution is 0.102. The molecular weight excluding hydrogens is 306 g/mol. The molecule has 0 atom stereocenters. The molecule has 0 radical (unpaired) electrons. The summed E-state index contributed by atoms with van der Waals surface area (Å²) in [6.45, 7) is 4.25. The zero-order chi connectivity index (χ0) is 17.1. The summed E-state index contributed by atoms with van der Waals surface area (Å²) < 4.78 is 12.6. The van der Waals surface area contributed by atoms with Crippen LogP contribution < -0.4 is 14.8 Å². The fourth-order valence-corrected chi connectivity index (χ4v) is 2.63. The van der Waals surface area contributed by atoms with E-state index >= 15 is 0 Å². The predicted octanol–water partition coefficient (Wildman–Crippen LogP) is 3.30. The van der Waals surface area contributed by atoms with Gasteiger partial charge >= 0.3 is 0 Å². The summed E-state index contributed by atoms with van der Waals surface area (Å²) in [6.07, 6.45) is 1.80. The fourth-order valence-electron chi connectivity index (χ4n) is 2.63. The van der Waals surface area contributed by atoms with Crippen molar-refractivity contribution in [3.8, 4) is 11.5 Å². The van der Waals surface area contributed by atoms with Gasteiger partial charge in [-0.15, -0.1) is 0 Å². The number of anilines is 1. The number of nitrogens with zero attached hydrogens (tertiary/aromatic N) is 2. The molecule has 0 spiro atoms. The Balaban J connectivity index is 2.01. The Hall–Kier alpha value is -3.02. The molecule has 0 aliphatic heterocycles. The minimum Gasteiger partial charge on any atom is -0.495 e. The van der Waals surface area contributed by atoms with Gasteiger partial charge in [-0.3, -0.25) is 9.20 Å². The summed E-state index contributed by atoms with van der Waals surface area (Å²) in [5.74, 6) is 1.00. The minimum absolute atomic E-state index is 0.252. The number of benzene rings is 1. The van der Waals surface area contributed by atoms with Crippen LogP contribution in [0.15, 0.2) is 42.6 Å². The first-order chi connectivity index (χ1) is 11.7. The van der Waals surface area contributed by atoms with Crippen LogP contribution in [0.1, 0.15) is 23.1 Å². The summed E-state index contributed by atoms with van der Waals surface area (Å²) in [4.78, 5) is 17.3. The molecule has 2 aromatic heterocycles. The highest BCUT2D eigenvalue weighted by atomic mass is 16.5. The maximum atomic E-state index is 12.8. The van der Waals surface area contributed by atoms with Crippen molar-refractivity contribution in [2.75, 3.05) is 19.0 Å². The van der Waals surface area contributed by atoms with E-state index in [1.807, 2.05) is 31.2 Å². The number of fused-ring (bicyclic) bond motifs is 1. The molecule has 1 amide bonds. The third kappa shape index (κ3) is 2.78. The number of amides is 1. The van der Waals surface area contributed by atoms with Crippen LogP contribution in [0.25, 0.3) is 5.65 Å². The van der Waals surface area contributed by atoms with E-state index in [1.54, 1.807) is 36.8 Å². The van der Waals surface area contributed by atoms with Gasteiger partial charge in [-0.25, -0.2) is 4.98 Å². The van der Waals surface area contributed by atoms with E-state index in [4.69, 9.17) is 9.47 Å². The van der Waals surface area contributed by atoms with Crippen molar-refractivity contribution in [2.45, 2.75) is 13.8 Å². The molecule has 0 aliphatic carbocycles. The first-order valence-electron chi connectivity index (χ1n) is 7.70. The van der Waals surface area contributed by atoms with Crippen LogP contribution in [0.2, 0.25) is 0 Å². The zero-order valence-corrected chi connectivity index (χ0v) is 13.9. The lowest BCUT2D eigenvalue weighted by atomic mass is 10.2. The van der Waals surface area contributed by atoms with Gasteiger partial charge in [0.1, 0.15) is 11.4 Å². The van der Waals surface area contributed by atoms with Gasteiger partial charge in [0.05, 0.1) is 25.1 Å². The molecule has 124 valence electrons. The van der Waals surface area contributed by atoms with Crippen LogP contribution >= 0.6 is 0 Å². The monoisotopic (exact) mass is 325 g/mol. The quantitative estimate of drug-likeness (QED) is 0.782. The average Bonchev–Trinajstić information content (AvgIpc) is 2.92. The van der Waals surface area contributed by atoms with Crippen molar-refractivity contribution >= 4 is 17.2 Å². The van der Waals surface area contributed by atoms with Crippen molar-refractivity contribution in [1.82, 2.24) is 9.38 Å². The third-order valence-electron chi connectivity index (χ3n) is 3.66. The molecule has 1 N–H and O–H groups in total. The Bertz CT molecular complexity index is 886. The van der Waals surface area contributed by atoms with Gasteiger partial charge in [0, 0.05) is 6.20 Å². The number of hydrogen-bond acceptors (Lipinski definition) is 4. The van der Waals surface area contributed by atoms with E-state index in [1.165, 1.54) is 0 Å². The lowest BCUT2D eigenvalue weighted by Gasteiger charge is -2.10. The molecule has 0 bridgehead atoms. The first-order valence-corrected chi connectivity index (χ1v) is 7.70. The van der Waals surface area contributed by atoms with Gasteiger partial charge in [0.2, 0.25) is 0 Å². The average molecular weight is 325 g/mol. The Labute approximate surface area is 140 Å². The second-order valence-electron chi connectivity index (χ2n) is 5.20. The summed E-state index contributed by atoms with van der Waals surface area (Å²) in [6, 6.07) is 11.0. The number of imidazole rings is 1. The predicted molar refractivity (Wildman–Crippen MR) is 92.0 cm³/mol. The number of rotatable bonds is 5. The second-order valence-corrected chi connectivity index (χ2v) is 5.20. The molecule has 3 rings (SSSR count). The largest absolute Gasteiger partial charge is 0.495 e. The molecule has 1 aromatic carbocycles. The maximum absolute atomic E-state index is 12.8. The van der Waals surface area contributed by atoms with E-state index in [9.17, 15) is 4.79 Å². The van der Waals surface area contributed by atoms with Crippen molar-refractivity contribution in [1.29, 1.82) is 0 Å². The lowest BCUT2D eigenvalue weighted by Crippen LogP contribution is -2.16. The SMILES string of the molecule is CCOc1cccn2c(C(=O)Nc3ccccc3OC)c(C)nc12. The molecule has 3 aromatic rings. The molecule has 24 heavy (non-hydrogen) atoms. The van der Waals surface area contributed by atoms with Gasteiger partial charge in [0.25, 0.3) is 5.91 Å². The molecule has 2 heterocycles. The van der Waals surface area contributed by atoms with Crippen molar-refractivity contribution < 1.29 is 14.3 Å². The minimum atomic E-state index is -0.252. The van der Waals surface area contributed by atoms with Crippen LogP contribution in [0.3, 0.4) is 0 Å². The van der Waals surface area contributed by atoms with Crippen LogP contribution in [-0.2, 0) is 0 Å². The zero-order valence-electron chi connectivity index (χ0n) is 13.9. The number of nitrogens with one attached hydrogen (secondary N) is 1. The number of para-hydroxylation sites is 2. The number of methoxy groups -OCH3 is 1. The Morgan fingerprint density at radius 2 is 1.96 bits per heavy atom. The summed E-state index contributed by atoms with van der Waals surface area (Å²) >= 11 is 0. The highest BCUT2D eigenvalue weighted by molar-refractivity contribution is 6.05. The Morgan fingerprint density at radius 1 is 1.21 bits per heavy atom. The van der Waals surface area contributed by atoms with Gasteiger partial charge < -0.3 is 14.8 Å². The summed E-state index contributed by atoms with van der Waals surface area (Å²) in [5.41, 5.74) is 2.34. The van der Waals surface area contributed by atoms with Crippen LogP contribution in [-0.4, -0.2) is 29.0 Å². The van der Waals surface area contributed by atoms with Crippen LogP contribution in [0, 0.1) is 6.92 Å². The Morgan fingerprint density at radius 3 is 2.71 bits per heavy atom. The maximum Gasteiger partial charge on any atom is 0.274 e. The topological polar surface area (TPSA) is 64.9 Å². The molecule has 6 nitrogen and oxygen atoms in total. The van der Waals surface area contributed by atoms with E-state index in [0.717, 1.165) is 0 Å². The van der Waals surface area contributed by atoms with Crippen molar-refractivity contribution in [2.24, 2.45) is 0 Å². The van der Waals surface area contributed by atoms with Crippen molar-refractivity contribution in [3.05, 3.63) is 54.0 Å². The second kappa shape index (κ2) is 6.62. The molecule has 0 saturated carbocycles. The highest BCUT2D eigenvalue weighted by Gasteiger charge is 2.19. The van der Waals surface area contributed by atoms with Crippen molar-refractivity contribution in [3.63, 3.8) is 0 Å². The molecular formula is C18H19N3O3.